The zero-order valence-corrected chi connectivity index (χ0v) is 12.4. The maximum Gasteiger partial charge on any atom is 0.264 e. The lowest BCUT2D eigenvalue weighted by atomic mass is 9.92. The van der Waals surface area contributed by atoms with Crippen LogP contribution in [0.15, 0.2) is 17.0 Å². The van der Waals surface area contributed by atoms with Crippen molar-refractivity contribution in [1.29, 1.82) is 5.26 Å². The van der Waals surface area contributed by atoms with Crippen molar-refractivity contribution < 1.29 is 21.9 Å². The normalized spacial score (nSPS) is 12.0. The lowest BCUT2D eigenvalue weighted by molar-refractivity contribution is 0.250. The summed E-state index contributed by atoms with van der Waals surface area (Å²) in [5.41, 5.74) is -0.658. The van der Waals surface area contributed by atoms with Crippen LogP contribution in [0.25, 0.3) is 0 Å². The highest BCUT2D eigenvalue weighted by atomic mass is 35.7. The van der Waals surface area contributed by atoms with Crippen molar-refractivity contribution in [3.63, 3.8) is 0 Å². The van der Waals surface area contributed by atoms with Crippen LogP contribution >= 0.6 is 10.7 Å². The van der Waals surface area contributed by atoms with E-state index in [1.54, 1.807) is 13.8 Å². The number of benzene rings is 1. The van der Waals surface area contributed by atoms with E-state index in [-0.39, 0.29) is 6.61 Å². The van der Waals surface area contributed by atoms with Gasteiger partial charge in [-0.05, 0) is 32.4 Å². The summed E-state index contributed by atoms with van der Waals surface area (Å²) < 4.78 is 54.1. The van der Waals surface area contributed by atoms with Crippen LogP contribution in [0.2, 0.25) is 0 Å². The molecular formula is C12H12ClF2NO3S. The molecule has 0 bridgehead atoms. The number of nitrogens with zero attached hydrogens (tertiary/aromatic N) is 1. The molecule has 20 heavy (non-hydrogen) atoms. The van der Waals surface area contributed by atoms with Crippen LogP contribution in [0.1, 0.15) is 20.3 Å². The Morgan fingerprint density at radius 2 is 1.95 bits per heavy atom. The molecule has 0 saturated heterocycles. The lowest BCUT2D eigenvalue weighted by Gasteiger charge is -2.15. The highest BCUT2D eigenvalue weighted by molar-refractivity contribution is 8.13. The Bertz CT molecular complexity index is 653. The SMILES string of the molecule is CC(C)(C#N)CCOc1ccc(S(=O)(=O)Cl)c(F)c1F. The molecule has 0 aromatic heterocycles. The van der Waals surface area contributed by atoms with Crippen LogP contribution in [0.5, 0.6) is 5.75 Å². The van der Waals surface area contributed by atoms with E-state index in [9.17, 15) is 17.2 Å². The van der Waals surface area contributed by atoms with Gasteiger partial charge in [0, 0.05) is 10.7 Å². The zero-order chi connectivity index (χ0) is 15.6. The third-order valence-corrected chi connectivity index (χ3v) is 3.90. The summed E-state index contributed by atoms with van der Waals surface area (Å²) in [4.78, 5) is -0.943. The van der Waals surface area contributed by atoms with Gasteiger partial charge in [-0.25, -0.2) is 12.8 Å². The van der Waals surface area contributed by atoms with E-state index < -0.39 is 36.7 Å². The summed E-state index contributed by atoms with van der Waals surface area (Å²) in [5, 5.41) is 8.79. The monoisotopic (exact) mass is 323 g/mol. The summed E-state index contributed by atoms with van der Waals surface area (Å²) in [5.74, 6) is -3.45. The van der Waals surface area contributed by atoms with Crippen molar-refractivity contribution >= 4 is 19.7 Å². The van der Waals surface area contributed by atoms with Gasteiger partial charge in [0.1, 0.15) is 4.90 Å². The van der Waals surface area contributed by atoms with Crippen LogP contribution in [0.3, 0.4) is 0 Å². The Balaban J connectivity index is 2.91. The molecule has 0 atom stereocenters. The molecule has 0 saturated carbocycles. The fraction of sp³-hybridized carbons (Fsp3) is 0.417. The van der Waals surface area contributed by atoms with Gasteiger partial charge >= 0.3 is 0 Å². The van der Waals surface area contributed by atoms with E-state index in [0.717, 1.165) is 12.1 Å². The smallest absolute Gasteiger partial charge is 0.264 e. The Morgan fingerprint density at radius 3 is 2.45 bits per heavy atom. The van der Waals surface area contributed by atoms with Crippen LogP contribution in [0.4, 0.5) is 8.78 Å². The average Bonchev–Trinajstić information content (AvgIpc) is 2.33. The largest absolute Gasteiger partial charge is 0.490 e. The van der Waals surface area contributed by atoms with Crippen molar-refractivity contribution in [2.24, 2.45) is 5.41 Å². The molecule has 0 spiro atoms. The summed E-state index contributed by atoms with van der Waals surface area (Å²) >= 11 is 0. The maximum atomic E-state index is 13.6. The Morgan fingerprint density at radius 1 is 1.35 bits per heavy atom. The number of halogens is 3. The minimum atomic E-state index is -4.36. The summed E-state index contributed by atoms with van der Waals surface area (Å²) in [6.45, 7) is 3.34. The molecule has 0 heterocycles. The van der Waals surface area contributed by atoms with Gasteiger partial charge < -0.3 is 4.74 Å². The maximum absolute atomic E-state index is 13.6. The first kappa shape index (κ1) is 16.7. The molecule has 0 aliphatic rings. The molecule has 8 heteroatoms. The topological polar surface area (TPSA) is 67.2 Å². The van der Waals surface area contributed by atoms with Crippen molar-refractivity contribution in [2.75, 3.05) is 6.61 Å². The van der Waals surface area contributed by atoms with E-state index in [1.165, 1.54) is 0 Å². The number of rotatable bonds is 5. The minimum absolute atomic E-state index is 0.0100. The highest BCUT2D eigenvalue weighted by Crippen LogP contribution is 2.28. The number of nitriles is 1. The Kier molecular flexibility index (Phi) is 4.95. The zero-order valence-electron chi connectivity index (χ0n) is 10.8. The molecule has 1 aromatic carbocycles. The van der Waals surface area contributed by atoms with E-state index in [0.29, 0.717) is 6.42 Å². The van der Waals surface area contributed by atoms with Crippen molar-refractivity contribution in [1.82, 2.24) is 0 Å². The standard InChI is InChI=1S/C12H12ClF2NO3S/c1-12(2,7-16)5-6-19-8-3-4-9(20(13,17)18)11(15)10(8)14/h3-4H,5-6H2,1-2H3. The van der Waals surface area contributed by atoms with Gasteiger partial charge in [0.05, 0.1) is 18.1 Å². The molecule has 110 valence electrons. The molecule has 1 aromatic rings. The molecule has 4 nitrogen and oxygen atoms in total. The molecule has 0 N–H and O–H groups in total. The van der Waals surface area contributed by atoms with Crippen LogP contribution in [-0.2, 0) is 9.05 Å². The molecule has 0 aliphatic carbocycles. The van der Waals surface area contributed by atoms with E-state index >= 15 is 0 Å². The Hall–Kier alpha value is -1.39. The molecule has 0 fully saturated rings. The molecule has 1 rings (SSSR count). The first-order valence-corrected chi connectivity index (χ1v) is 7.86. The van der Waals surface area contributed by atoms with Crippen molar-refractivity contribution in [3.05, 3.63) is 23.8 Å². The second-order valence-corrected chi connectivity index (χ2v) is 7.26. The van der Waals surface area contributed by atoms with Gasteiger partial charge in [0.15, 0.2) is 11.6 Å². The van der Waals surface area contributed by atoms with E-state index in [1.807, 2.05) is 6.07 Å². The summed E-state index contributed by atoms with van der Waals surface area (Å²) in [7, 11) is 0.598. The minimum Gasteiger partial charge on any atom is -0.490 e. The number of hydrogen-bond donors (Lipinski definition) is 0. The van der Waals surface area contributed by atoms with Crippen LogP contribution in [0, 0.1) is 28.4 Å². The second kappa shape index (κ2) is 5.94. The molecular weight excluding hydrogens is 312 g/mol. The summed E-state index contributed by atoms with van der Waals surface area (Å²) in [6.07, 6.45) is 0.306. The van der Waals surface area contributed by atoms with Crippen LogP contribution in [-0.4, -0.2) is 15.0 Å². The van der Waals surface area contributed by atoms with Gasteiger partial charge in [0.25, 0.3) is 9.05 Å². The first-order valence-electron chi connectivity index (χ1n) is 5.55. The molecule has 0 amide bonds. The van der Waals surface area contributed by atoms with E-state index in [2.05, 4.69) is 0 Å². The van der Waals surface area contributed by atoms with Gasteiger partial charge in [-0.2, -0.15) is 9.65 Å². The summed E-state index contributed by atoms with van der Waals surface area (Å²) in [6, 6.07) is 3.84. The quantitative estimate of drug-likeness (QED) is 0.780. The van der Waals surface area contributed by atoms with Crippen molar-refractivity contribution in [3.8, 4) is 11.8 Å². The second-order valence-electron chi connectivity index (χ2n) is 4.72. The van der Waals surface area contributed by atoms with Gasteiger partial charge in [-0.15, -0.1) is 0 Å². The third-order valence-electron chi connectivity index (χ3n) is 2.56. The fourth-order valence-corrected chi connectivity index (χ4v) is 2.18. The van der Waals surface area contributed by atoms with E-state index in [4.69, 9.17) is 20.7 Å². The molecule has 0 unspecified atom stereocenters. The number of hydrogen-bond acceptors (Lipinski definition) is 4. The average molecular weight is 324 g/mol. The lowest BCUT2D eigenvalue weighted by Crippen LogP contribution is -2.14. The molecule has 0 radical (unpaired) electrons. The third kappa shape index (κ3) is 4.05. The Labute approximate surface area is 120 Å². The predicted molar refractivity (Wildman–Crippen MR) is 68.9 cm³/mol. The fourth-order valence-electron chi connectivity index (χ4n) is 1.29. The van der Waals surface area contributed by atoms with Crippen molar-refractivity contribution in [2.45, 2.75) is 25.2 Å². The highest BCUT2D eigenvalue weighted by Gasteiger charge is 2.23. The molecule has 0 aliphatic heterocycles. The number of ether oxygens (including phenoxy) is 1. The first-order chi connectivity index (χ1) is 9.08. The van der Waals surface area contributed by atoms with Gasteiger partial charge in [-0.1, -0.05) is 0 Å². The van der Waals surface area contributed by atoms with Crippen LogP contribution < -0.4 is 4.74 Å². The predicted octanol–water partition coefficient (Wildman–Crippen LogP) is 3.21. The van der Waals surface area contributed by atoms with Gasteiger partial charge in [-0.3, -0.25) is 0 Å². The van der Waals surface area contributed by atoms with Gasteiger partial charge in [0.2, 0.25) is 5.82 Å².